The second-order valence-corrected chi connectivity index (χ2v) is 4.50. The molecule has 0 fully saturated rings. The Balaban J connectivity index is 2.11. The van der Waals surface area contributed by atoms with E-state index in [1.165, 1.54) is 16.9 Å². The van der Waals surface area contributed by atoms with Gasteiger partial charge in [-0.05, 0) is 23.6 Å². The average molecular weight is 219 g/mol. The molecule has 1 heterocycles. The van der Waals surface area contributed by atoms with Crippen molar-refractivity contribution in [3.8, 4) is 10.8 Å². The van der Waals surface area contributed by atoms with E-state index in [9.17, 15) is 0 Å². The van der Waals surface area contributed by atoms with Crippen LogP contribution < -0.4 is 4.74 Å². The van der Waals surface area contributed by atoms with Crippen LogP contribution in [0.2, 0.25) is 0 Å². The lowest BCUT2D eigenvalue weighted by Crippen LogP contribution is -1.87. The number of benzene rings is 1. The monoisotopic (exact) mass is 219 g/mol. The Morgan fingerprint density at radius 1 is 1.20 bits per heavy atom. The number of aromatic nitrogens is 1. The molecule has 0 atom stereocenters. The summed E-state index contributed by atoms with van der Waals surface area (Å²) in [7, 11) is 0. The molecule has 2 nitrogen and oxygen atoms in total. The van der Waals surface area contributed by atoms with Gasteiger partial charge >= 0.3 is 0 Å². The maximum absolute atomic E-state index is 5.61. The maximum atomic E-state index is 5.61. The highest BCUT2D eigenvalue weighted by Crippen LogP contribution is 2.26. The van der Waals surface area contributed by atoms with E-state index >= 15 is 0 Å². The second kappa shape index (κ2) is 4.45. The van der Waals surface area contributed by atoms with E-state index in [4.69, 9.17) is 4.74 Å². The number of hydrogen-bond donors (Lipinski definition) is 0. The zero-order valence-corrected chi connectivity index (χ0v) is 9.62. The molecular weight excluding hydrogens is 206 g/mol. The minimum Gasteiger partial charge on any atom is -0.445 e. The minimum absolute atomic E-state index is 0.558. The molecule has 1 aromatic heterocycles. The van der Waals surface area contributed by atoms with E-state index in [1.807, 2.05) is 12.1 Å². The van der Waals surface area contributed by atoms with Gasteiger partial charge in [0.05, 0.1) is 11.7 Å². The van der Waals surface area contributed by atoms with Gasteiger partial charge in [-0.1, -0.05) is 37.3 Å². The summed E-state index contributed by atoms with van der Waals surface area (Å²) in [5.41, 5.74) is 3.09. The van der Waals surface area contributed by atoms with Gasteiger partial charge in [-0.3, -0.25) is 0 Å². The lowest BCUT2D eigenvalue weighted by Gasteiger charge is -2.06. The molecule has 0 unspecified atom stereocenters. The van der Waals surface area contributed by atoms with Gasteiger partial charge in [0.15, 0.2) is 0 Å². The predicted octanol–water partition coefficient (Wildman–Crippen LogP) is 4.06. The number of hydrogen-bond acceptors (Lipinski definition) is 3. The molecular formula is C12H13NOS. The Bertz CT molecular complexity index is 406. The van der Waals surface area contributed by atoms with Crippen molar-refractivity contribution in [1.82, 2.24) is 4.98 Å². The van der Waals surface area contributed by atoms with E-state index in [0.29, 0.717) is 5.92 Å². The standard InChI is InChI=1S/C12H13NOS/c1-9(2)10-3-5-11(6-4-10)14-12-7-13-8-15-12/h3-9H,1-2H3. The van der Waals surface area contributed by atoms with Crippen LogP contribution in [-0.4, -0.2) is 4.98 Å². The highest BCUT2D eigenvalue weighted by Gasteiger charge is 2.01. The fourth-order valence-corrected chi connectivity index (χ4v) is 1.78. The minimum atomic E-state index is 0.558. The van der Waals surface area contributed by atoms with Crippen LogP contribution in [0.5, 0.6) is 10.8 Å². The lowest BCUT2D eigenvalue weighted by molar-refractivity contribution is 0.495. The molecule has 0 aliphatic rings. The third-order valence-electron chi connectivity index (χ3n) is 2.17. The van der Waals surface area contributed by atoms with Gasteiger partial charge in [0.2, 0.25) is 5.06 Å². The lowest BCUT2D eigenvalue weighted by atomic mass is 10.0. The molecule has 0 spiro atoms. The molecule has 0 radical (unpaired) electrons. The van der Waals surface area contributed by atoms with Crippen LogP contribution in [-0.2, 0) is 0 Å². The summed E-state index contributed by atoms with van der Waals surface area (Å²) in [6.45, 7) is 4.36. The van der Waals surface area contributed by atoms with E-state index in [2.05, 4.69) is 31.0 Å². The molecule has 1 aromatic carbocycles. The first-order valence-corrected chi connectivity index (χ1v) is 5.80. The molecule has 2 rings (SSSR count). The Labute approximate surface area is 93.6 Å². The van der Waals surface area contributed by atoms with Gasteiger partial charge in [-0.2, -0.15) is 0 Å². The van der Waals surface area contributed by atoms with Crippen LogP contribution in [0.1, 0.15) is 25.3 Å². The van der Waals surface area contributed by atoms with Crippen LogP contribution in [0.3, 0.4) is 0 Å². The molecule has 0 aliphatic carbocycles. The van der Waals surface area contributed by atoms with Gasteiger partial charge in [-0.25, -0.2) is 4.98 Å². The molecule has 3 heteroatoms. The smallest absolute Gasteiger partial charge is 0.200 e. The van der Waals surface area contributed by atoms with Gasteiger partial charge in [0.25, 0.3) is 0 Å². The van der Waals surface area contributed by atoms with Crippen molar-refractivity contribution in [1.29, 1.82) is 0 Å². The van der Waals surface area contributed by atoms with Crippen molar-refractivity contribution in [2.75, 3.05) is 0 Å². The highest BCUT2D eigenvalue weighted by molar-refractivity contribution is 7.11. The van der Waals surface area contributed by atoms with Crippen molar-refractivity contribution in [3.05, 3.63) is 41.5 Å². The first-order valence-electron chi connectivity index (χ1n) is 4.92. The zero-order valence-electron chi connectivity index (χ0n) is 8.81. The number of thiazole rings is 1. The highest BCUT2D eigenvalue weighted by atomic mass is 32.1. The SMILES string of the molecule is CC(C)c1ccc(Oc2cncs2)cc1. The molecule has 0 aliphatic heterocycles. The van der Waals surface area contributed by atoms with Crippen LogP contribution >= 0.6 is 11.3 Å². The van der Waals surface area contributed by atoms with Crippen molar-refractivity contribution in [3.63, 3.8) is 0 Å². The van der Waals surface area contributed by atoms with E-state index in [-0.39, 0.29) is 0 Å². The normalized spacial score (nSPS) is 10.6. The van der Waals surface area contributed by atoms with Crippen LogP contribution in [0.15, 0.2) is 36.0 Å². The quantitative estimate of drug-likeness (QED) is 0.776. The molecule has 78 valence electrons. The molecule has 2 aromatic rings. The number of rotatable bonds is 3. The fourth-order valence-electron chi connectivity index (χ4n) is 1.29. The van der Waals surface area contributed by atoms with Crippen molar-refractivity contribution >= 4 is 11.3 Å². The molecule has 15 heavy (non-hydrogen) atoms. The first-order chi connectivity index (χ1) is 7.25. The Hall–Kier alpha value is -1.35. The number of ether oxygens (including phenoxy) is 1. The average Bonchev–Trinajstić information content (AvgIpc) is 2.71. The molecule has 0 saturated carbocycles. The van der Waals surface area contributed by atoms with Gasteiger partial charge < -0.3 is 4.74 Å². The summed E-state index contributed by atoms with van der Waals surface area (Å²) in [6, 6.07) is 8.19. The predicted molar refractivity (Wildman–Crippen MR) is 62.7 cm³/mol. The van der Waals surface area contributed by atoms with Gasteiger partial charge in [-0.15, -0.1) is 0 Å². The summed E-state index contributed by atoms with van der Waals surface area (Å²) in [5, 5.41) is 0.826. The molecule has 0 bridgehead atoms. The van der Waals surface area contributed by atoms with Crippen LogP contribution in [0, 0.1) is 0 Å². The van der Waals surface area contributed by atoms with Crippen molar-refractivity contribution < 1.29 is 4.74 Å². The Morgan fingerprint density at radius 2 is 1.93 bits per heavy atom. The summed E-state index contributed by atoms with van der Waals surface area (Å²) in [4.78, 5) is 3.96. The van der Waals surface area contributed by atoms with Crippen LogP contribution in [0.25, 0.3) is 0 Å². The van der Waals surface area contributed by atoms with Gasteiger partial charge in [0.1, 0.15) is 5.75 Å². The molecule has 0 saturated heterocycles. The Morgan fingerprint density at radius 3 is 2.47 bits per heavy atom. The first kappa shape index (κ1) is 10.2. The third kappa shape index (κ3) is 2.57. The summed E-state index contributed by atoms with van der Waals surface area (Å²) in [6.07, 6.45) is 1.72. The maximum Gasteiger partial charge on any atom is 0.200 e. The second-order valence-electron chi connectivity index (χ2n) is 3.65. The summed E-state index contributed by atoms with van der Waals surface area (Å²) in [5.74, 6) is 1.42. The van der Waals surface area contributed by atoms with E-state index < -0.39 is 0 Å². The van der Waals surface area contributed by atoms with Gasteiger partial charge in [0, 0.05) is 0 Å². The largest absolute Gasteiger partial charge is 0.445 e. The number of nitrogens with zero attached hydrogens (tertiary/aromatic N) is 1. The van der Waals surface area contributed by atoms with Crippen molar-refractivity contribution in [2.24, 2.45) is 0 Å². The van der Waals surface area contributed by atoms with Crippen LogP contribution in [0.4, 0.5) is 0 Å². The van der Waals surface area contributed by atoms with E-state index in [1.54, 1.807) is 11.7 Å². The van der Waals surface area contributed by atoms with E-state index in [0.717, 1.165) is 10.8 Å². The third-order valence-corrected chi connectivity index (χ3v) is 2.82. The van der Waals surface area contributed by atoms with Crippen molar-refractivity contribution in [2.45, 2.75) is 19.8 Å². The Kier molecular flexibility index (Phi) is 3.02. The summed E-state index contributed by atoms with van der Waals surface area (Å²) >= 11 is 1.49. The summed E-state index contributed by atoms with van der Waals surface area (Å²) < 4.78 is 5.61. The fraction of sp³-hybridized carbons (Fsp3) is 0.250. The molecule has 0 amide bonds. The molecule has 0 N–H and O–H groups in total. The topological polar surface area (TPSA) is 22.1 Å². The zero-order chi connectivity index (χ0) is 10.7.